The van der Waals surface area contributed by atoms with Crippen molar-refractivity contribution in [3.63, 3.8) is 0 Å². The summed E-state index contributed by atoms with van der Waals surface area (Å²) in [5.41, 5.74) is 1.56. The molecule has 3 rings (SSSR count). The van der Waals surface area contributed by atoms with Crippen molar-refractivity contribution in [1.82, 2.24) is 4.98 Å². The highest BCUT2D eigenvalue weighted by molar-refractivity contribution is 5.66. The fourth-order valence-corrected chi connectivity index (χ4v) is 1.79. The molecule has 1 aromatic heterocycles. The smallest absolute Gasteiger partial charge is 0.226 e. The third kappa shape index (κ3) is 1.86. The third-order valence-corrected chi connectivity index (χ3v) is 2.70. The summed E-state index contributed by atoms with van der Waals surface area (Å²) in [5.74, 6) is 1.30. The lowest BCUT2D eigenvalue weighted by Crippen LogP contribution is -1.75. The molecule has 88 valence electrons. The largest absolute Gasteiger partial charge is 0.507 e. The Morgan fingerprint density at radius 2 is 1.61 bits per heavy atom. The van der Waals surface area contributed by atoms with Gasteiger partial charge in [-0.2, -0.15) is 0 Å². The fraction of sp³-hybridized carbons (Fsp3) is 0. The predicted octanol–water partition coefficient (Wildman–Crippen LogP) is 3.71. The van der Waals surface area contributed by atoms with Crippen molar-refractivity contribution in [3.05, 3.63) is 60.8 Å². The van der Waals surface area contributed by atoms with Crippen LogP contribution in [0.4, 0.5) is 0 Å². The second-order valence-corrected chi connectivity index (χ2v) is 3.91. The van der Waals surface area contributed by atoms with E-state index in [1.165, 1.54) is 0 Å². The van der Waals surface area contributed by atoms with E-state index in [0.717, 1.165) is 5.56 Å². The summed E-state index contributed by atoms with van der Waals surface area (Å²) in [5, 5.41) is 9.76. The summed E-state index contributed by atoms with van der Waals surface area (Å²) in [7, 11) is 0. The molecule has 0 aliphatic rings. The number of para-hydroxylation sites is 1. The number of hydrogen-bond acceptors (Lipinski definition) is 3. The van der Waals surface area contributed by atoms with Gasteiger partial charge in [-0.05, 0) is 24.3 Å². The second kappa shape index (κ2) is 4.37. The molecule has 0 unspecified atom stereocenters. The molecule has 3 heteroatoms. The molecule has 0 fully saturated rings. The molecule has 0 aliphatic carbocycles. The highest BCUT2D eigenvalue weighted by Gasteiger charge is 2.10. The van der Waals surface area contributed by atoms with Crippen molar-refractivity contribution in [2.45, 2.75) is 0 Å². The van der Waals surface area contributed by atoms with Crippen LogP contribution in [-0.2, 0) is 0 Å². The maximum atomic E-state index is 9.76. The van der Waals surface area contributed by atoms with Gasteiger partial charge in [-0.1, -0.05) is 30.3 Å². The van der Waals surface area contributed by atoms with Crippen LogP contribution in [0.25, 0.3) is 22.8 Å². The summed E-state index contributed by atoms with van der Waals surface area (Å²) in [4.78, 5) is 4.23. The maximum Gasteiger partial charge on any atom is 0.226 e. The van der Waals surface area contributed by atoms with Gasteiger partial charge >= 0.3 is 0 Å². The van der Waals surface area contributed by atoms with E-state index < -0.39 is 0 Å². The summed E-state index contributed by atoms with van der Waals surface area (Å²) in [6.45, 7) is 0. The third-order valence-electron chi connectivity index (χ3n) is 2.70. The van der Waals surface area contributed by atoms with E-state index in [1.54, 1.807) is 24.4 Å². The molecule has 0 atom stereocenters. The van der Waals surface area contributed by atoms with Crippen molar-refractivity contribution in [2.75, 3.05) is 0 Å². The molecule has 0 spiro atoms. The van der Waals surface area contributed by atoms with Gasteiger partial charge in [-0.15, -0.1) is 0 Å². The van der Waals surface area contributed by atoms with Crippen LogP contribution in [0.15, 0.2) is 65.2 Å². The number of hydrogen-bond donors (Lipinski definition) is 1. The fourth-order valence-electron chi connectivity index (χ4n) is 1.79. The number of oxazole rings is 1. The molecule has 0 aliphatic heterocycles. The molecule has 0 amide bonds. The molecule has 18 heavy (non-hydrogen) atoms. The Kier molecular flexibility index (Phi) is 2.57. The number of rotatable bonds is 2. The van der Waals surface area contributed by atoms with E-state index in [-0.39, 0.29) is 5.75 Å². The topological polar surface area (TPSA) is 46.3 Å². The quantitative estimate of drug-likeness (QED) is 0.739. The molecule has 0 saturated carbocycles. The predicted molar refractivity (Wildman–Crippen MR) is 69.0 cm³/mol. The first-order chi connectivity index (χ1) is 8.84. The van der Waals surface area contributed by atoms with Crippen LogP contribution in [0.5, 0.6) is 5.75 Å². The van der Waals surface area contributed by atoms with Gasteiger partial charge < -0.3 is 9.52 Å². The van der Waals surface area contributed by atoms with E-state index in [4.69, 9.17) is 4.42 Å². The average molecular weight is 237 g/mol. The Labute approximate surface area is 104 Å². The molecule has 0 saturated heterocycles. The minimum absolute atomic E-state index is 0.188. The van der Waals surface area contributed by atoms with E-state index >= 15 is 0 Å². The zero-order valence-electron chi connectivity index (χ0n) is 9.58. The van der Waals surface area contributed by atoms with Gasteiger partial charge in [0.15, 0.2) is 5.76 Å². The van der Waals surface area contributed by atoms with Crippen LogP contribution < -0.4 is 0 Å². The van der Waals surface area contributed by atoms with Crippen LogP contribution in [0.3, 0.4) is 0 Å². The van der Waals surface area contributed by atoms with E-state index in [0.29, 0.717) is 17.2 Å². The van der Waals surface area contributed by atoms with Crippen molar-refractivity contribution in [1.29, 1.82) is 0 Å². The van der Waals surface area contributed by atoms with Gasteiger partial charge in [0.2, 0.25) is 5.89 Å². The SMILES string of the molecule is Oc1ccccc1-c1cnc(-c2ccccc2)o1. The summed E-state index contributed by atoms with van der Waals surface area (Å²) in [6.07, 6.45) is 1.62. The first-order valence-corrected chi connectivity index (χ1v) is 5.64. The molecule has 0 bridgehead atoms. The minimum atomic E-state index is 0.188. The Morgan fingerprint density at radius 3 is 2.39 bits per heavy atom. The molecule has 3 aromatic rings. The van der Waals surface area contributed by atoms with Gasteiger partial charge in [0.25, 0.3) is 0 Å². The van der Waals surface area contributed by atoms with Crippen LogP contribution in [0, 0.1) is 0 Å². The van der Waals surface area contributed by atoms with E-state index in [2.05, 4.69) is 4.98 Å². The van der Waals surface area contributed by atoms with Gasteiger partial charge in [0.1, 0.15) is 5.75 Å². The van der Waals surface area contributed by atoms with Crippen LogP contribution in [0.2, 0.25) is 0 Å². The lowest BCUT2D eigenvalue weighted by molar-refractivity contribution is 0.474. The summed E-state index contributed by atoms with van der Waals surface area (Å²) >= 11 is 0. The first kappa shape index (κ1) is 10.6. The Hall–Kier alpha value is -2.55. The lowest BCUT2D eigenvalue weighted by Gasteiger charge is -1.99. The second-order valence-electron chi connectivity index (χ2n) is 3.91. The number of phenols is 1. The Bertz CT molecular complexity index is 659. The molecule has 3 nitrogen and oxygen atoms in total. The van der Waals surface area contributed by atoms with Gasteiger partial charge in [0, 0.05) is 5.56 Å². The normalized spacial score (nSPS) is 10.4. The van der Waals surface area contributed by atoms with Crippen molar-refractivity contribution in [3.8, 4) is 28.5 Å². The van der Waals surface area contributed by atoms with Gasteiger partial charge in [-0.25, -0.2) is 4.98 Å². The zero-order chi connectivity index (χ0) is 12.4. The number of benzene rings is 2. The number of aromatic nitrogens is 1. The van der Waals surface area contributed by atoms with E-state index in [1.807, 2.05) is 36.4 Å². The number of nitrogens with zero attached hydrogens (tertiary/aromatic N) is 1. The molecular weight excluding hydrogens is 226 g/mol. The first-order valence-electron chi connectivity index (χ1n) is 5.64. The lowest BCUT2D eigenvalue weighted by atomic mass is 10.2. The minimum Gasteiger partial charge on any atom is -0.507 e. The van der Waals surface area contributed by atoms with Gasteiger partial charge in [0.05, 0.1) is 11.8 Å². The van der Waals surface area contributed by atoms with Crippen LogP contribution in [0.1, 0.15) is 0 Å². The zero-order valence-corrected chi connectivity index (χ0v) is 9.58. The molecule has 0 radical (unpaired) electrons. The van der Waals surface area contributed by atoms with Crippen molar-refractivity contribution in [2.24, 2.45) is 0 Å². The van der Waals surface area contributed by atoms with Gasteiger partial charge in [-0.3, -0.25) is 0 Å². The average Bonchev–Trinajstić information content (AvgIpc) is 2.90. The Balaban J connectivity index is 2.03. The standard InChI is InChI=1S/C15H11NO2/c17-13-9-5-4-8-12(13)14-10-16-15(18-14)11-6-2-1-3-7-11/h1-10,17H. The molecule has 1 heterocycles. The van der Waals surface area contributed by atoms with Crippen LogP contribution >= 0.6 is 0 Å². The number of phenolic OH excluding ortho intramolecular Hbond substituents is 1. The molecule has 1 N–H and O–H groups in total. The van der Waals surface area contributed by atoms with Crippen LogP contribution in [-0.4, -0.2) is 10.1 Å². The highest BCUT2D eigenvalue weighted by atomic mass is 16.4. The number of aromatic hydroxyl groups is 1. The summed E-state index contributed by atoms with van der Waals surface area (Å²) < 4.78 is 5.67. The summed E-state index contributed by atoms with van der Waals surface area (Å²) in [6, 6.07) is 16.7. The molecule has 2 aromatic carbocycles. The molecular formula is C15H11NO2. The highest BCUT2D eigenvalue weighted by Crippen LogP contribution is 2.31. The van der Waals surface area contributed by atoms with Crippen molar-refractivity contribution < 1.29 is 9.52 Å². The van der Waals surface area contributed by atoms with Crippen molar-refractivity contribution >= 4 is 0 Å². The monoisotopic (exact) mass is 237 g/mol. The maximum absolute atomic E-state index is 9.76. The Morgan fingerprint density at radius 1 is 0.889 bits per heavy atom. The van der Waals surface area contributed by atoms with E-state index in [9.17, 15) is 5.11 Å².